The number of amides is 1. The summed E-state index contributed by atoms with van der Waals surface area (Å²) in [7, 11) is 0. The second-order valence-electron chi connectivity index (χ2n) is 4.05. The van der Waals surface area contributed by atoms with E-state index < -0.39 is 6.09 Å². The average molecular weight is 286 g/mol. The van der Waals surface area contributed by atoms with Gasteiger partial charge >= 0.3 is 6.09 Å². The fourth-order valence-corrected chi connectivity index (χ4v) is 2.46. The molecule has 1 amide bonds. The van der Waals surface area contributed by atoms with Crippen LogP contribution in [0.5, 0.6) is 0 Å². The van der Waals surface area contributed by atoms with Crippen LogP contribution in [-0.4, -0.2) is 12.0 Å². The highest BCUT2D eigenvalue weighted by molar-refractivity contribution is 7.98. The van der Waals surface area contributed by atoms with Gasteiger partial charge in [-0.15, -0.1) is 11.8 Å². The van der Waals surface area contributed by atoms with Crippen molar-refractivity contribution in [2.24, 2.45) is 5.73 Å². The number of ether oxygens (including phenoxy) is 1. The standard InChI is InChI=1S/C15H14N2O2S/c16-14(19-15(17)18)12-6-8-13(9-7-12)20-10-11-4-2-1-3-5-11/h1-9,16H,10H2,(H2,17,18). The Morgan fingerprint density at radius 3 is 2.35 bits per heavy atom. The van der Waals surface area contributed by atoms with Gasteiger partial charge in [-0.2, -0.15) is 0 Å². The molecule has 0 aliphatic heterocycles. The van der Waals surface area contributed by atoms with Gasteiger partial charge in [-0.25, -0.2) is 4.79 Å². The zero-order valence-corrected chi connectivity index (χ0v) is 11.5. The largest absolute Gasteiger partial charge is 0.411 e. The van der Waals surface area contributed by atoms with Crippen LogP contribution in [0.4, 0.5) is 4.79 Å². The van der Waals surface area contributed by atoms with Crippen LogP contribution in [0.3, 0.4) is 0 Å². The third-order valence-corrected chi connectivity index (χ3v) is 3.65. The Morgan fingerprint density at radius 1 is 1.10 bits per heavy atom. The quantitative estimate of drug-likeness (QED) is 0.514. The minimum absolute atomic E-state index is 0.239. The van der Waals surface area contributed by atoms with Crippen LogP contribution < -0.4 is 5.73 Å². The minimum Gasteiger partial charge on any atom is -0.391 e. The maximum atomic E-state index is 10.6. The predicted octanol–water partition coefficient (Wildman–Crippen LogP) is 3.40. The molecule has 20 heavy (non-hydrogen) atoms. The van der Waals surface area contributed by atoms with E-state index in [1.807, 2.05) is 30.3 Å². The summed E-state index contributed by atoms with van der Waals surface area (Å²) in [5.41, 5.74) is 6.64. The lowest BCUT2D eigenvalue weighted by Crippen LogP contribution is -2.18. The van der Waals surface area contributed by atoms with Crippen molar-refractivity contribution in [1.29, 1.82) is 5.41 Å². The Morgan fingerprint density at radius 2 is 1.75 bits per heavy atom. The molecule has 2 rings (SSSR count). The van der Waals surface area contributed by atoms with E-state index in [0.717, 1.165) is 10.6 Å². The van der Waals surface area contributed by atoms with Crippen LogP contribution in [0.2, 0.25) is 0 Å². The van der Waals surface area contributed by atoms with Gasteiger partial charge in [0.2, 0.25) is 5.90 Å². The van der Waals surface area contributed by atoms with Crippen molar-refractivity contribution in [2.75, 3.05) is 0 Å². The van der Waals surface area contributed by atoms with E-state index >= 15 is 0 Å². The Balaban J connectivity index is 1.95. The SMILES string of the molecule is N=C(OC(N)=O)c1ccc(SCc2ccccc2)cc1. The van der Waals surface area contributed by atoms with Gasteiger partial charge in [-0.1, -0.05) is 30.3 Å². The molecule has 102 valence electrons. The van der Waals surface area contributed by atoms with E-state index in [-0.39, 0.29) is 5.90 Å². The summed E-state index contributed by atoms with van der Waals surface area (Å²) < 4.78 is 4.52. The van der Waals surface area contributed by atoms with Crippen molar-refractivity contribution >= 4 is 23.8 Å². The molecule has 0 aromatic heterocycles. The van der Waals surface area contributed by atoms with Crippen LogP contribution in [0, 0.1) is 5.41 Å². The fraction of sp³-hybridized carbons (Fsp3) is 0.0667. The van der Waals surface area contributed by atoms with E-state index in [0.29, 0.717) is 5.56 Å². The summed E-state index contributed by atoms with van der Waals surface area (Å²) in [6, 6.07) is 17.4. The summed E-state index contributed by atoms with van der Waals surface area (Å²) >= 11 is 1.70. The zero-order valence-electron chi connectivity index (χ0n) is 10.7. The lowest BCUT2D eigenvalue weighted by atomic mass is 10.2. The molecule has 4 nitrogen and oxygen atoms in total. The number of primary amides is 1. The average Bonchev–Trinajstić information content (AvgIpc) is 2.46. The van der Waals surface area contributed by atoms with Gasteiger partial charge in [0.05, 0.1) is 0 Å². The second kappa shape index (κ2) is 6.77. The van der Waals surface area contributed by atoms with Crippen LogP contribution in [-0.2, 0) is 10.5 Å². The van der Waals surface area contributed by atoms with Gasteiger partial charge in [0.25, 0.3) is 0 Å². The summed E-state index contributed by atoms with van der Waals surface area (Å²) in [6.07, 6.45) is -0.975. The van der Waals surface area contributed by atoms with Crippen molar-refractivity contribution < 1.29 is 9.53 Å². The van der Waals surface area contributed by atoms with E-state index in [4.69, 9.17) is 11.1 Å². The molecule has 0 unspecified atom stereocenters. The Hall–Kier alpha value is -2.27. The molecule has 0 atom stereocenters. The summed E-state index contributed by atoms with van der Waals surface area (Å²) in [5.74, 6) is 0.646. The van der Waals surface area contributed by atoms with Crippen LogP contribution in [0.15, 0.2) is 59.5 Å². The first-order valence-corrected chi connectivity index (χ1v) is 6.97. The molecule has 0 spiro atoms. The second-order valence-corrected chi connectivity index (χ2v) is 5.10. The number of nitrogens with two attached hydrogens (primary N) is 1. The first-order valence-electron chi connectivity index (χ1n) is 5.98. The van der Waals surface area contributed by atoms with Gasteiger partial charge in [0.15, 0.2) is 0 Å². The molecule has 2 aromatic rings. The molecule has 0 radical (unpaired) electrons. The lowest BCUT2D eigenvalue weighted by molar-refractivity contribution is 0.208. The molecule has 0 saturated heterocycles. The Bertz CT molecular complexity index is 597. The normalized spacial score (nSPS) is 10.0. The Kier molecular flexibility index (Phi) is 4.79. The summed E-state index contributed by atoms with van der Waals surface area (Å²) in [6.45, 7) is 0. The molecule has 0 heterocycles. The third-order valence-electron chi connectivity index (χ3n) is 2.57. The topological polar surface area (TPSA) is 76.2 Å². The third kappa shape index (κ3) is 4.13. The highest BCUT2D eigenvalue weighted by atomic mass is 32.2. The first kappa shape index (κ1) is 14.1. The van der Waals surface area contributed by atoms with Crippen molar-refractivity contribution in [3.05, 3.63) is 65.7 Å². The summed E-state index contributed by atoms with van der Waals surface area (Å²) in [5, 5.41) is 7.54. The van der Waals surface area contributed by atoms with Crippen molar-refractivity contribution in [2.45, 2.75) is 10.6 Å². The molecule has 2 aromatic carbocycles. The number of carbonyl (C=O) groups is 1. The molecule has 0 fully saturated rings. The lowest BCUT2D eigenvalue weighted by Gasteiger charge is -2.05. The highest BCUT2D eigenvalue weighted by Gasteiger charge is 2.06. The maximum absolute atomic E-state index is 10.6. The smallest absolute Gasteiger partial charge is 0.391 e. The monoisotopic (exact) mass is 286 g/mol. The van der Waals surface area contributed by atoms with Gasteiger partial charge in [-0.05, 0) is 29.8 Å². The number of nitrogens with one attached hydrogen (secondary N) is 1. The van der Waals surface area contributed by atoms with E-state index in [1.54, 1.807) is 23.9 Å². The molecular weight excluding hydrogens is 272 g/mol. The molecule has 0 saturated carbocycles. The fourth-order valence-electron chi connectivity index (χ4n) is 1.60. The van der Waals surface area contributed by atoms with Crippen molar-refractivity contribution in [3.8, 4) is 0 Å². The number of carbonyl (C=O) groups excluding carboxylic acids is 1. The number of thioether (sulfide) groups is 1. The number of benzene rings is 2. The predicted molar refractivity (Wildman–Crippen MR) is 79.9 cm³/mol. The van der Waals surface area contributed by atoms with Crippen LogP contribution in [0.1, 0.15) is 11.1 Å². The van der Waals surface area contributed by atoms with Gasteiger partial charge in [0.1, 0.15) is 0 Å². The Labute approximate surface area is 121 Å². The van der Waals surface area contributed by atoms with E-state index in [9.17, 15) is 4.79 Å². The molecule has 0 aliphatic carbocycles. The molecular formula is C15H14N2O2S. The molecule has 0 aliphatic rings. The summed E-state index contributed by atoms with van der Waals surface area (Å²) in [4.78, 5) is 11.7. The minimum atomic E-state index is -0.975. The van der Waals surface area contributed by atoms with Gasteiger partial charge in [-0.3, -0.25) is 5.41 Å². The van der Waals surface area contributed by atoms with Crippen molar-refractivity contribution in [3.63, 3.8) is 0 Å². The molecule has 5 heteroatoms. The highest BCUT2D eigenvalue weighted by Crippen LogP contribution is 2.23. The van der Waals surface area contributed by atoms with Crippen LogP contribution >= 0.6 is 11.8 Å². The van der Waals surface area contributed by atoms with Crippen molar-refractivity contribution in [1.82, 2.24) is 0 Å². The molecule has 0 bridgehead atoms. The number of rotatable bonds is 4. The van der Waals surface area contributed by atoms with E-state index in [1.165, 1.54) is 5.56 Å². The van der Waals surface area contributed by atoms with Crippen LogP contribution in [0.25, 0.3) is 0 Å². The van der Waals surface area contributed by atoms with Gasteiger partial charge in [0, 0.05) is 16.2 Å². The van der Waals surface area contributed by atoms with Gasteiger partial charge < -0.3 is 10.5 Å². The zero-order chi connectivity index (χ0) is 14.4. The molecule has 3 N–H and O–H groups in total. The maximum Gasteiger partial charge on any atom is 0.411 e. The number of hydrogen-bond acceptors (Lipinski definition) is 4. The first-order chi connectivity index (χ1) is 9.65. The number of hydrogen-bond donors (Lipinski definition) is 2. The van der Waals surface area contributed by atoms with E-state index in [2.05, 4.69) is 16.9 Å².